The van der Waals surface area contributed by atoms with Gasteiger partial charge in [0.2, 0.25) is 0 Å². The molecule has 0 unspecified atom stereocenters. The van der Waals surface area contributed by atoms with Gasteiger partial charge in [0, 0.05) is 7.11 Å². The highest BCUT2D eigenvalue weighted by Crippen LogP contribution is 2.14. The molecule has 0 aliphatic rings. The summed E-state index contributed by atoms with van der Waals surface area (Å²) in [7, 11) is 1.67. The first-order valence-corrected chi connectivity index (χ1v) is 5.73. The lowest BCUT2D eigenvalue weighted by Gasteiger charge is -2.07. The lowest BCUT2D eigenvalue weighted by atomic mass is 10.2. The third kappa shape index (κ3) is 3.57. The highest BCUT2D eigenvalue weighted by molar-refractivity contribution is 5.27. The Labute approximate surface area is 106 Å². The van der Waals surface area contributed by atoms with Gasteiger partial charge in [0.15, 0.2) is 0 Å². The smallest absolute Gasteiger partial charge is 0.123 e. The Balaban J connectivity index is 1.91. The van der Waals surface area contributed by atoms with E-state index in [1.165, 1.54) is 12.1 Å². The second-order valence-electron chi connectivity index (χ2n) is 3.99. The Morgan fingerprint density at radius 1 is 0.833 bits per heavy atom. The minimum absolute atomic E-state index is 0.234. The first kappa shape index (κ1) is 12.6. The SMILES string of the molecule is COCc1ccc(OCc2ccc(F)cc2)cc1. The second kappa shape index (κ2) is 6.17. The predicted molar refractivity (Wildman–Crippen MR) is 67.9 cm³/mol. The molecule has 0 aliphatic carbocycles. The summed E-state index contributed by atoms with van der Waals surface area (Å²) >= 11 is 0. The number of hydrogen-bond acceptors (Lipinski definition) is 2. The molecular weight excluding hydrogens is 231 g/mol. The molecule has 0 saturated heterocycles. The fraction of sp³-hybridized carbons (Fsp3) is 0.200. The van der Waals surface area contributed by atoms with Crippen LogP contribution in [0.25, 0.3) is 0 Å². The van der Waals surface area contributed by atoms with E-state index in [0.717, 1.165) is 16.9 Å². The molecule has 0 aliphatic heterocycles. The van der Waals surface area contributed by atoms with E-state index in [1.54, 1.807) is 19.2 Å². The normalized spacial score (nSPS) is 10.3. The number of ether oxygens (including phenoxy) is 2. The topological polar surface area (TPSA) is 18.5 Å². The molecule has 0 radical (unpaired) electrons. The first-order valence-electron chi connectivity index (χ1n) is 5.73. The van der Waals surface area contributed by atoms with Crippen LogP contribution in [0, 0.1) is 5.82 Å². The van der Waals surface area contributed by atoms with Gasteiger partial charge in [0.1, 0.15) is 18.2 Å². The maximum atomic E-state index is 12.7. The van der Waals surface area contributed by atoms with Crippen molar-refractivity contribution in [1.29, 1.82) is 0 Å². The minimum Gasteiger partial charge on any atom is -0.489 e. The molecule has 18 heavy (non-hydrogen) atoms. The van der Waals surface area contributed by atoms with E-state index in [9.17, 15) is 4.39 Å². The van der Waals surface area contributed by atoms with Crippen LogP contribution in [-0.4, -0.2) is 7.11 Å². The van der Waals surface area contributed by atoms with E-state index < -0.39 is 0 Å². The van der Waals surface area contributed by atoms with E-state index >= 15 is 0 Å². The molecule has 0 amide bonds. The third-order valence-corrected chi connectivity index (χ3v) is 2.55. The lowest BCUT2D eigenvalue weighted by molar-refractivity contribution is 0.185. The van der Waals surface area contributed by atoms with Gasteiger partial charge in [-0.3, -0.25) is 0 Å². The van der Waals surface area contributed by atoms with Gasteiger partial charge in [-0.2, -0.15) is 0 Å². The molecule has 2 rings (SSSR count). The highest BCUT2D eigenvalue weighted by Gasteiger charge is 1.97. The van der Waals surface area contributed by atoms with Gasteiger partial charge in [0.05, 0.1) is 6.61 Å². The first-order chi connectivity index (χ1) is 8.78. The van der Waals surface area contributed by atoms with E-state index in [2.05, 4.69) is 0 Å². The van der Waals surface area contributed by atoms with E-state index in [0.29, 0.717) is 13.2 Å². The van der Waals surface area contributed by atoms with Crippen molar-refractivity contribution >= 4 is 0 Å². The monoisotopic (exact) mass is 246 g/mol. The van der Waals surface area contributed by atoms with Gasteiger partial charge in [-0.1, -0.05) is 24.3 Å². The molecule has 0 atom stereocenters. The molecule has 2 aromatic carbocycles. The zero-order chi connectivity index (χ0) is 12.8. The number of halogens is 1. The van der Waals surface area contributed by atoms with Crippen molar-refractivity contribution in [3.8, 4) is 5.75 Å². The maximum Gasteiger partial charge on any atom is 0.123 e. The fourth-order valence-corrected chi connectivity index (χ4v) is 1.60. The van der Waals surface area contributed by atoms with Crippen LogP contribution in [0.4, 0.5) is 4.39 Å². The molecule has 2 aromatic rings. The van der Waals surface area contributed by atoms with Gasteiger partial charge >= 0.3 is 0 Å². The number of rotatable bonds is 5. The molecule has 0 N–H and O–H groups in total. The Bertz CT molecular complexity index is 477. The molecule has 0 bridgehead atoms. The van der Waals surface area contributed by atoms with Crippen molar-refractivity contribution in [3.63, 3.8) is 0 Å². The predicted octanol–water partition coefficient (Wildman–Crippen LogP) is 3.55. The Kier molecular flexibility index (Phi) is 4.31. The van der Waals surface area contributed by atoms with Crippen molar-refractivity contribution < 1.29 is 13.9 Å². The van der Waals surface area contributed by atoms with Gasteiger partial charge in [-0.05, 0) is 35.4 Å². The molecule has 0 aromatic heterocycles. The Morgan fingerprint density at radius 2 is 1.39 bits per heavy atom. The van der Waals surface area contributed by atoms with Crippen LogP contribution >= 0.6 is 0 Å². The van der Waals surface area contributed by atoms with Crippen molar-refractivity contribution in [3.05, 3.63) is 65.5 Å². The summed E-state index contributed by atoms with van der Waals surface area (Å²) in [6, 6.07) is 14.0. The summed E-state index contributed by atoms with van der Waals surface area (Å²) < 4.78 is 23.3. The van der Waals surface area contributed by atoms with Crippen LogP contribution in [0.2, 0.25) is 0 Å². The summed E-state index contributed by atoms with van der Waals surface area (Å²) in [6.45, 7) is 1.03. The molecule has 0 fully saturated rings. The number of benzene rings is 2. The van der Waals surface area contributed by atoms with Crippen LogP contribution in [0.1, 0.15) is 11.1 Å². The summed E-state index contributed by atoms with van der Waals surface area (Å²) in [4.78, 5) is 0. The zero-order valence-corrected chi connectivity index (χ0v) is 10.2. The summed E-state index contributed by atoms with van der Waals surface area (Å²) in [6.07, 6.45) is 0. The molecule has 0 heterocycles. The highest BCUT2D eigenvalue weighted by atomic mass is 19.1. The van der Waals surface area contributed by atoms with E-state index in [4.69, 9.17) is 9.47 Å². The van der Waals surface area contributed by atoms with Gasteiger partial charge in [0.25, 0.3) is 0 Å². The molecule has 94 valence electrons. The molecular formula is C15H15FO2. The van der Waals surface area contributed by atoms with Crippen molar-refractivity contribution in [2.24, 2.45) is 0 Å². The van der Waals surface area contributed by atoms with Crippen LogP contribution in [-0.2, 0) is 18.0 Å². The quantitative estimate of drug-likeness (QED) is 0.803. The standard InChI is InChI=1S/C15H15FO2/c1-17-10-12-4-8-15(9-5-12)18-11-13-2-6-14(16)7-3-13/h2-9H,10-11H2,1H3. The summed E-state index contributed by atoms with van der Waals surface area (Å²) in [5.41, 5.74) is 2.05. The average Bonchev–Trinajstić information content (AvgIpc) is 2.40. The van der Waals surface area contributed by atoms with Crippen LogP contribution < -0.4 is 4.74 Å². The Hall–Kier alpha value is -1.87. The third-order valence-electron chi connectivity index (χ3n) is 2.55. The average molecular weight is 246 g/mol. The second-order valence-corrected chi connectivity index (χ2v) is 3.99. The van der Waals surface area contributed by atoms with Crippen molar-refractivity contribution in [2.75, 3.05) is 7.11 Å². The molecule has 2 nitrogen and oxygen atoms in total. The van der Waals surface area contributed by atoms with Crippen LogP contribution in [0.3, 0.4) is 0 Å². The van der Waals surface area contributed by atoms with Crippen LogP contribution in [0.5, 0.6) is 5.75 Å². The lowest BCUT2D eigenvalue weighted by Crippen LogP contribution is -1.96. The summed E-state index contributed by atoms with van der Waals surface area (Å²) in [5, 5.41) is 0. The summed E-state index contributed by atoms with van der Waals surface area (Å²) in [5.74, 6) is 0.557. The zero-order valence-electron chi connectivity index (χ0n) is 10.2. The van der Waals surface area contributed by atoms with Gasteiger partial charge in [-0.15, -0.1) is 0 Å². The van der Waals surface area contributed by atoms with E-state index in [-0.39, 0.29) is 5.82 Å². The van der Waals surface area contributed by atoms with Crippen molar-refractivity contribution in [1.82, 2.24) is 0 Å². The van der Waals surface area contributed by atoms with Gasteiger partial charge in [-0.25, -0.2) is 4.39 Å². The molecule has 0 saturated carbocycles. The Morgan fingerprint density at radius 3 is 2.00 bits per heavy atom. The minimum atomic E-state index is -0.234. The largest absolute Gasteiger partial charge is 0.489 e. The fourth-order valence-electron chi connectivity index (χ4n) is 1.60. The maximum absolute atomic E-state index is 12.7. The van der Waals surface area contributed by atoms with Gasteiger partial charge < -0.3 is 9.47 Å². The molecule has 3 heteroatoms. The number of methoxy groups -OCH3 is 1. The molecule has 0 spiro atoms. The number of hydrogen-bond donors (Lipinski definition) is 0. The van der Waals surface area contributed by atoms with Crippen LogP contribution in [0.15, 0.2) is 48.5 Å². The van der Waals surface area contributed by atoms with E-state index in [1.807, 2.05) is 24.3 Å². The van der Waals surface area contributed by atoms with Crippen molar-refractivity contribution in [2.45, 2.75) is 13.2 Å².